The van der Waals surface area contributed by atoms with Crippen molar-refractivity contribution in [2.24, 2.45) is 0 Å². The monoisotopic (exact) mass is 460 g/mol. The molecule has 32 heavy (non-hydrogen) atoms. The van der Waals surface area contributed by atoms with Gasteiger partial charge in [-0.05, 0) is 24.3 Å². The molecule has 3 aromatic rings. The molecule has 170 valence electrons. The number of fused-ring (bicyclic) bond motifs is 1. The van der Waals surface area contributed by atoms with E-state index in [1.165, 1.54) is 31.8 Å². The van der Waals surface area contributed by atoms with E-state index in [9.17, 15) is 13.2 Å². The molecule has 0 unspecified atom stereocenters. The van der Waals surface area contributed by atoms with Crippen molar-refractivity contribution in [1.82, 2.24) is 29.5 Å². The number of methoxy groups -OCH3 is 1. The molecule has 1 aromatic carbocycles. The van der Waals surface area contributed by atoms with Crippen LogP contribution in [-0.2, 0) is 14.6 Å². The van der Waals surface area contributed by atoms with Crippen LogP contribution in [0.25, 0.3) is 16.7 Å². The summed E-state index contributed by atoms with van der Waals surface area (Å²) >= 11 is 0. The van der Waals surface area contributed by atoms with Gasteiger partial charge in [0.2, 0.25) is 5.88 Å². The first-order chi connectivity index (χ1) is 15.4. The number of piperazine rings is 1. The summed E-state index contributed by atoms with van der Waals surface area (Å²) in [6.07, 6.45) is 3.91. The lowest BCUT2D eigenvalue weighted by molar-refractivity contribution is 0.0858. The summed E-state index contributed by atoms with van der Waals surface area (Å²) < 4.78 is 35.6. The van der Waals surface area contributed by atoms with Crippen LogP contribution >= 0.6 is 0 Å². The molecular formula is C20H24N6O5S. The maximum absolute atomic E-state index is 11.7. The molecule has 12 heteroatoms. The second kappa shape index (κ2) is 9.09. The zero-order valence-electron chi connectivity index (χ0n) is 17.8. The molecule has 0 atom stereocenters. The third kappa shape index (κ3) is 4.65. The fraction of sp³-hybridized carbons (Fsp3) is 0.400. The Morgan fingerprint density at radius 1 is 1.09 bits per heavy atom. The minimum absolute atomic E-state index is 0.240. The van der Waals surface area contributed by atoms with Crippen molar-refractivity contribution in [1.29, 1.82) is 0 Å². The van der Waals surface area contributed by atoms with E-state index in [0.29, 0.717) is 48.8 Å². The van der Waals surface area contributed by atoms with Gasteiger partial charge in [0.15, 0.2) is 15.5 Å². The molecule has 0 radical (unpaired) electrons. The lowest BCUT2D eigenvalue weighted by Gasteiger charge is -2.33. The number of sulfone groups is 1. The Morgan fingerprint density at radius 3 is 2.47 bits per heavy atom. The molecule has 0 saturated carbocycles. The highest BCUT2D eigenvalue weighted by atomic mass is 32.2. The van der Waals surface area contributed by atoms with Gasteiger partial charge in [-0.15, -0.1) is 0 Å². The molecule has 1 fully saturated rings. The van der Waals surface area contributed by atoms with Gasteiger partial charge >= 0.3 is 6.09 Å². The zero-order chi connectivity index (χ0) is 22.7. The van der Waals surface area contributed by atoms with E-state index in [-0.39, 0.29) is 11.0 Å². The van der Waals surface area contributed by atoms with E-state index in [1.807, 2.05) is 0 Å². The summed E-state index contributed by atoms with van der Waals surface area (Å²) in [5.41, 5.74) is 1.24. The third-order valence-electron chi connectivity index (χ3n) is 5.29. The molecule has 0 aliphatic carbocycles. The number of benzene rings is 1. The number of carbonyl (C=O) groups is 1. The highest BCUT2D eigenvalue weighted by Crippen LogP contribution is 2.24. The van der Waals surface area contributed by atoms with E-state index in [4.69, 9.17) is 9.47 Å². The van der Waals surface area contributed by atoms with Gasteiger partial charge in [0.1, 0.15) is 18.3 Å². The Bertz CT molecular complexity index is 1200. The standard InChI is InChI=1S/C20H24N6O5S/c1-30-20(27)25-9-7-24(8-10-25)11-12-31-19-17-13-23-26(18(17)21-14-22-19)15-3-5-16(6-4-15)32(2,28)29/h3-6,13-14H,7-12H2,1-2H3. The fourth-order valence-electron chi connectivity index (χ4n) is 3.52. The Morgan fingerprint density at radius 2 is 1.81 bits per heavy atom. The summed E-state index contributed by atoms with van der Waals surface area (Å²) in [6, 6.07) is 6.44. The van der Waals surface area contributed by atoms with Crippen molar-refractivity contribution in [3.8, 4) is 11.6 Å². The Kier molecular flexibility index (Phi) is 6.24. The first-order valence-electron chi connectivity index (χ1n) is 10.0. The van der Waals surface area contributed by atoms with Crippen LogP contribution in [0, 0.1) is 0 Å². The van der Waals surface area contributed by atoms with Crippen LogP contribution in [0.4, 0.5) is 4.79 Å². The number of hydrogen-bond acceptors (Lipinski definition) is 9. The van der Waals surface area contributed by atoms with Gasteiger partial charge in [0.05, 0.1) is 23.9 Å². The molecule has 0 bridgehead atoms. The van der Waals surface area contributed by atoms with Gasteiger partial charge in [-0.1, -0.05) is 0 Å². The van der Waals surface area contributed by atoms with Gasteiger partial charge in [0, 0.05) is 39.0 Å². The van der Waals surface area contributed by atoms with E-state index < -0.39 is 9.84 Å². The zero-order valence-corrected chi connectivity index (χ0v) is 18.7. The smallest absolute Gasteiger partial charge is 0.409 e. The van der Waals surface area contributed by atoms with E-state index in [0.717, 1.165) is 13.1 Å². The SMILES string of the molecule is COC(=O)N1CCN(CCOc2ncnc3c2cnn3-c2ccc(S(C)(=O)=O)cc2)CC1. The summed E-state index contributed by atoms with van der Waals surface area (Å²) in [5, 5.41) is 5.04. The predicted octanol–water partition coefficient (Wildman–Crippen LogP) is 0.982. The molecule has 0 spiro atoms. The second-order valence-electron chi connectivity index (χ2n) is 7.39. The number of nitrogens with zero attached hydrogens (tertiary/aromatic N) is 6. The highest BCUT2D eigenvalue weighted by Gasteiger charge is 2.21. The number of rotatable bonds is 6. The quantitative estimate of drug-likeness (QED) is 0.530. The van der Waals surface area contributed by atoms with Gasteiger partial charge in [0.25, 0.3) is 0 Å². The minimum atomic E-state index is -3.27. The van der Waals surface area contributed by atoms with Crippen LogP contribution in [-0.4, -0.2) is 96.8 Å². The maximum Gasteiger partial charge on any atom is 0.409 e. The maximum atomic E-state index is 11.7. The summed E-state index contributed by atoms with van der Waals surface area (Å²) in [7, 11) is -1.88. The van der Waals surface area contributed by atoms with Crippen LogP contribution in [0.1, 0.15) is 0 Å². The van der Waals surface area contributed by atoms with Crippen molar-refractivity contribution in [2.75, 3.05) is 52.7 Å². The average molecular weight is 461 g/mol. The molecule has 1 amide bonds. The van der Waals surface area contributed by atoms with Crippen LogP contribution in [0.3, 0.4) is 0 Å². The first-order valence-corrected chi connectivity index (χ1v) is 11.9. The number of hydrogen-bond donors (Lipinski definition) is 0. The molecule has 1 aliphatic rings. The average Bonchev–Trinajstić information content (AvgIpc) is 3.23. The first kappa shape index (κ1) is 22.0. The van der Waals surface area contributed by atoms with E-state index >= 15 is 0 Å². The van der Waals surface area contributed by atoms with Crippen LogP contribution in [0.2, 0.25) is 0 Å². The number of aromatic nitrogens is 4. The van der Waals surface area contributed by atoms with Crippen molar-refractivity contribution in [3.05, 3.63) is 36.8 Å². The minimum Gasteiger partial charge on any atom is -0.476 e. The molecule has 3 heterocycles. The molecule has 2 aromatic heterocycles. The molecule has 0 N–H and O–H groups in total. The number of carbonyl (C=O) groups excluding carboxylic acids is 1. The molecule has 1 aliphatic heterocycles. The van der Waals surface area contributed by atoms with E-state index in [2.05, 4.69) is 20.0 Å². The number of amides is 1. The highest BCUT2D eigenvalue weighted by molar-refractivity contribution is 7.90. The van der Waals surface area contributed by atoms with Crippen LogP contribution in [0.15, 0.2) is 41.7 Å². The normalized spacial score (nSPS) is 15.1. The fourth-order valence-corrected chi connectivity index (χ4v) is 4.15. The van der Waals surface area contributed by atoms with Crippen molar-refractivity contribution in [3.63, 3.8) is 0 Å². The predicted molar refractivity (Wildman–Crippen MR) is 116 cm³/mol. The summed E-state index contributed by atoms with van der Waals surface area (Å²) in [5.74, 6) is 0.433. The second-order valence-corrected chi connectivity index (χ2v) is 9.40. The van der Waals surface area contributed by atoms with Crippen molar-refractivity contribution in [2.45, 2.75) is 4.90 Å². The van der Waals surface area contributed by atoms with Crippen LogP contribution < -0.4 is 4.74 Å². The molecule has 1 saturated heterocycles. The molecule has 4 rings (SSSR count). The Hall–Kier alpha value is -3.25. The van der Waals surface area contributed by atoms with Gasteiger partial charge < -0.3 is 14.4 Å². The largest absolute Gasteiger partial charge is 0.476 e. The van der Waals surface area contributed by atoms with Gasteiger partial charge in [-0.3, -0.25) is 4.90 Å². The molecular weight excluding hydrogens is 436 g/mol. The lowest BCUT2D eigenvalue weighted by atomic mass is 10.3. The summed E-state index contributed by atoms with van der Waals surface area (Å²) in [6.45, 7) is 3.86. The topological polar surface area (TPSA) is 120 Å². The van der Waals surface area contributed by atoms with E-state index in [1.54, 1.807) is 27.9 Å². The van der Waals surface area contributed by atoms with Gasteiger partial charge in [-0.25, -0.2) is 27.9 Å². The Balaban J connectivity index is 1.41. The summed E-state index contributed by atoms with van der Waals surface area (Å²) in [4.78, 5) is 24.3. The number of ether oxygens (including phenoxy) is 2. The van der Waals surface area contributed by atoms with Crippen LogP contribution in [0.5, 0.6) is 5.88 Å². The lowest BCUT2D eigenvalue weighted by Crippen LogP contribution is -2.49. The third-order valence-corrected chi connectivity index (χ3v) is 6.42. The van der Waals surface area contributed by atoms with Gasteiger partial charge in [-0.2, -0.15) is 5.10 Å². The van der Waals surface area contributed by atoms with Crippen molar-refractivity contribution < 1.29 is 22.7 Å². The Labute approximate surface area is 185 Å². The van der Waals surface area contributed by atoms with Crippen molar-refractivity contribution >= 4 is 27.0 Å². The molecule has 11 nitrogen and oxygen atoms in total.